The highest BCUT2D eigenvalue weighted by molar-refractivity contribution is 7.91. The number of nitrogens with zero attached hydrogens (tertiary/aromatic N) is 4. The second-order valence-corrected chi connectivity index (χ2v) is 7.86. The number of hydrogen-bond acceptors (Lipinski definition) is 8. The molecule has 1 unspecified atom stereocenters. The molecule has 11 heteroatoms. The second kappa shape index (κ2) is 6.32. The summed E-state index contributed by atoms with van der Waals surface area (Å²) in [4.78, 5) is 13.0. The maximum Gasteiger partial charge on any atom is 0.272 e. The molecule has 1 atom stereocenters. The van der Waals surface area contributed by atoms with Gasteiger partial charge in [-0.3, -0.25) is 4.79 Å². The zero-order valence-electron chi connectivity index (χ0n) is 11.8. The van der Waals surface area contributed by atoms with Crippen molar-refractivity contribution in [1.29, 1.82) is 0 Å². The molecule has 1 aromatic heterocycles. The summed E-state index contributed by atoms with van der Waals surface area (Å²) in [5, 5.41) is 9.93. The summed E-state index contributed by atoms with van der Waals surface area (Å²) >= 11 is 0.837. The Balaban J connectivity index is 2.24. The number of carbonyl (C=O) groups excluding carboxylic acids is 1. The smallest absolute Gasteiger partial charge is 0.272 e. The molecule has 1 aliphatic heterocycles. The molecule has 118 valence electrons. The zero-order chi connectivity index (χ0) is 15.6. The topological polar surface area (TPSA) is 122 Å². The average molecular weight is 334 g/mol. The van der Waals surface area contributed by atoms with Crippen LogP contribution in [0.15, 0.2) is 4.34 Å². The predicted octanol–water partition coefficient (Wildman–Crippen LogP) is -1.24. The van der Waals surface area contributed by atoms with Crippen LogP contribution in [0.2, 0.25) is 0 Å². The van der Waals surface area contributed by atoms with Gasteiger partial charge in [0.15, 0.2) is 0 Å². The first-order valence-electron chi connectivity index (χ1n) is 6.36. The van der Waals surface area contributed by atoms with Gasteiger partial charge in [0.2, 0.25) is 15.4 Å². The third-order valence-electron chi connectivity index (χ3n) is 3.12. The summed E-state index contributed by atoms with van der Waals surface area (Å²) in [7, 11) is -1.82. The highest BCUT2D eigenvalue weighted by Gasteiger charge is 2.36. The van der Waals surface area contributed by atoms with Crippen LogP contribution in [-0.4, -0.2) is 73.0 Å². The van der Waals surface area contributed by atoms with Gasteiger partial charge in [-0.1, -0.05) is 11.3 Å². The highest BCUT2D eigenvalue weighted by atomic mass is 32.2. The van der Waals surface area contributed by atoms with Crippen molar-refractivity contribution < 1.29 is 13.2 Å². The zero-order valence-corrected chi connectivity index (χ0v) is 13.4. The van der Waals surface area contributed by atoms with Crippen molar-refractivity contribution in [3.8, 4) is 0 Å². The van der Waals surface area contributed by atoms with Crippen LogP contribution < -0.4 is 11.1 Å². The molecular weight excluding hydrogens is 316 g/mol. The van der Waals surface area contributed by atoms with E-state index in [0.29, 0.717) is 19.6 Å². The number of likely N-dealkylation sites (N-methyl/N-ethyl adjacent to an activating group) is 1. The van der Waals surface area contributed by atoms with Gasteiger partial charge < -0.3 is 16.0 Å². The summed E-state index contributed by atoms with van der Waals surface area (Å²) in [5.41, 5.74) is 5.68. The van der Waals surface area contributed by atoms with E-state index >= 15 is 0 Å². The lowest BCUT2D eigenvalue weighted by Crippen LogP contribution is -2.56. The molecule has 0 bridgehead atoms. The van der Waals surface area contributed by atoms with Gasteiger partial charge in [-0.2, -0.15) is 4.31 Å². The van der Waals surface area contributed by atoms with E-state index in [1.165, 1.54) is 11.2 Å². The number of nitrogens with one attached hydrogen (secondary N) is 1. The number of hydrogen-bond donors (Lipinski definition) is 2. The molecule has 0 aliphatic carbocycles. The molecule has 2 rings (SSSR count). The quantitative estimate of drug-likeness (QED) is 0.660. The Labute approximate surface area is 127 Å². The Morgan fingerprint density at radius 1 is 1.48 bits per heavy atom. The first-order valence-corrected chi connectivity index (χ1v) is 8.62. The minimum atomic E-state index is -3.74. The molecule has 1 aromatic rings. The summed E-state index contributed by atoms with van der Waals surface area (Å²) in [5.74, 6) is -0.325. The number of carbonyl (C=O) groups is 1. The molecule has 1 amide bonds. The molecule has 0 aromatic carbocycles. The van der Waals surface area contributed by atoms with Crippen LogP contribution in [0.3, 0.4) is 0 Å². The normalized spacial score (nSPS) is 21.4. The fourth-order valence-corrected chi connectivity index (χ4v) is 4.80. The van der Waals surface area contributed by atoms with Gasteiger partial charge in [0, 0.05) is 33.1 Å². The van der Waals surface area contributed by atoms with Crippen LogP contribution >= 0.6 is 11.3 Å². The van der Waals surface area contributed by atoms with Crippen LogP contribution in [0.4, 0.5) is 5.13 Å². The number of piperazine rings is 1. The Hall–Kier alpha value is -1.14. The van der Waals surface area contributed by atoms with Crippen molar-refractivity contribution in [1.82, 2.24) is 19.4 Å². The lowest BCUT2D eigenvalue weighted by Gasteiger charge is -2.37. The van der Waals surface area contributed by atoms with E-state index in [1.807, 2.05) is 11.9 Å². The Morgan fingerprint density at radius 2 is 2.19 bits per heavy atom. The predicted molar refractivity (Wildman–Crippen MR) is 78.4 cm³/mol. The monoisotopic (exact) mass is 334 g/mol. The van der Waals surface area contributed by atoms with Gasteiger partial charge in [-0.05, 0) is 7.05 Å². The van der Waals surface area contributed by atoms with E-state index in [9.17, 15) is 13.2 Å². The number of aromatic nitrogens is 2. The lowest BCUT2D eigenvalue weighted by molar-refractivity contribution is -0.114. The third kappa shape index (κ3) is 3.55. The van der Waals surface area contributed by atoms with E-state index in [0.717, 1.165) is 11.3 Å². The number of rotatable bonds is 4. The van der Waals surface area contributed by atoms with Gasteiger partial charge in [-0.25, -0.2) is 8.42 Å². The standard InChI is InChI=1S/C10H18N6O3S2/c1-7(17)12-9-13-14-10(20-9)21(18,19)16-4-3-15(2)6-8(16)5-11/h8H,3-6,11H2,1-2H3,(H,12,13,17). The summed E-state index contributed by atoms with van der Waals surface area (Å²) in [6, 6.07) is -0.290. The summed E-state index contributed by atoms with van der Waals surface area (Å²) in [6.45, 7) is 3.12. The minimum Gasteiger partial charge on any atom is -0.329 e. The molecule has 1 fully saturated rings. The Bertz CT molecular complexity index is 616. The van der Waals surface area contributed by atoms with Gasteiger partial charge >= 0.3 is 0 Å². The minimum absolute atomic E-state index is 0.130. The van der Waals surface area contributed by atoms with Gasteiger partial charge in [0.1, 0.15) is 0 Å². The van der Waals surface area contributed by atoms with Crippen LogP contribution in [-0.2, 0) is 14.8 Å². The van der Waals surface area contributed by atoms with Gasteiger partial charge in [0.25, 0.3) is 10.0 Å². The molecule has 0 spiro atoms. The molecule has 3 N–H and O–H groups in total. The third-order valence-corrected chi connectivity index (χ3v) is 6.26. The van der Waals surface area contributed by atoms with Crippen LogP contribution in [0.1, 0.15) is 6.92 Å². The average Bonchev–Trinajstić information content (AvgIpc) is 2.86. The van der Waals surface area contributed by atoms with Crippen molar-refractivity contribution in [2.24, 2.45) is 5.73 Å². The molecular formula is C10H18N6O3S2. The van der Waals surface area contributed by atoms with E-state index in [2.05, 4.69) is 15.5 Å². The van der Waals surface area contributed by atoms with Gasteiger partial charge in [0.05, 0.1) is 6.04 Å². The second-order valence-electron chi connectivity index (χ2n) is 4.82. The fraction of sp³-hybridized carbons (Fsp3) is 0.700. The van der Waals surface area contributed by atoms with E-state index < -0.39 is 10.0 Å². The van der Waals surface area contributed by atoms with Gasteiger partial charge in [-0.15, -0.1) is 10.2 Å². The molecule has 0 radical (unpaired) electrons. The van der Waals surface area contributed by atoms with Crippen molar-refractivity contribution in [3.63, 3.8) is 0 Å². The molecule has 0 saturated carbocycles. The van der Waals surface area contributed by atoms with Crippen molar-refractivity contribution in [2.75, 3.05) is 38.5 Å². The van der Waals surface area contributed by atoms with Crippen molar-refractivity contribution in [2.45, 2.75) is 17.3 Å². The summed E-state index contributed by atoms with van der Waals surface area (Å²) < 4.78 is 26.5. The first-order chi connectivity index (χ1) is 9.84. The molecule has 1 saturated heterocycles. The van der Waals surface area contributed by atoms with Crippen LogP contribution in [0.5, 0.6) is 0 Å². The molecule has 21 heavy (non-hydrogen) atoms. The molecule has 1 aliphatic rings. The highest BCUT2D eigenvalue weighted by Crippen LogP contribution is 2.25. The Morgan fingerprint density at radius 3 is 2.81 bits per heavy atom. The van der Waals surface area contributed by atoms with E-state index in [1.54, 1.807) is 0 Å². The molecule has 2 heterocycles. The fourth-order valence-electron chi connectivity index (χ4n) is 2.12. The lowest BCUT2D eigenvalue weighted by atomic mass is 10.2. The van der Waals surface area contributed by atoms with Crippen LogP contribution in [0, 0.1) is 0 Å². The van der Waals surface area contributed by atoms with Crippen LogP contribution in [0.25, 0.3) is 0 Å². The van der Waals surface area contributed by atoms with E-state index in [-0.39, 0.29) is 28.0 Å². The van der Waals surface area contributed by atoms with Crippen molar-refractivity contribution >= 4 is 32.4 Å². The number of amides is 1. The first kappa shape index (κ1) is 16.2. The summed E-state index contributed by atoms with van der Waals surface area (Å²) in [6.07, 6.45) is 0. The maximum atomic E-state index is 12.6. The SMILES string of the molecule is CC(=O)Nc1nnc(S(=O)(=O)N2CCN(C)CC2CN)s1. The van der Waals surface area contributed by atoms with E-state index in [4.69, 9.17) is 5.73 Å². The number of sulfonamides is 1. The molecule has 9 nitrogen and oxygen atoms in total. The Kier molecular flexibility index (Phi) is 4.88. The number of anilines is 1. The number of nitrogens with two attached hydrogens (primary N) is 1. The van der Waals surface area contributed by atoms with Crippen molar-refractivity contribution in [3.05, 3.63) is 0 Å². The largest absolute Gasteiger partial charge is 0.329 e. The maximum absolute atomic E-state index is 12.6.